The Morgan fingerprint density at radius 1 is 1.35 bits per heavy atom. The van der Waals surface area contributed by atoms with Crippen LogP contribution in [0.4, 0.5) is 0 Å². The molecule has 104 valence electrons. The molecule has 2 aromatic rings. The summed E-state index contributed by atoms with van der Waals surface area (Å²) in [5.41, 5.74) is 2.61. The van der Waals surface area contributed by atoms with Crippen molar-refractivity contribution in [2.45, 2.75) is 32.7 Å². The van der Waals surface area contributed by atoms with Crippen LogP contribution in [-0.4, -0.2) is 20.9 Å². The molecule has 0 bridgehead atoms. The van der Waals surface area contributed by atoms with Crippen LogP contribution in [-0.2, 0) is 30.6 Å². The molecule has 1 aliphatic carbocycles. The number of hydrogen-bond donors (Lipinski definition) is 1. The Labute approximate surface area is 118 Å². The van der Waals surface area contributed by atoms with Gasteiger partial charge in [0.25, 0.3) is 0 Å². The minimum atomic E-state index is -0.717. The molecule has 0 saturated carbocycles. The van der Waals surface area contributed by atoms with Crippen LogP contribution in [0.3, 0.4) is 0 Å². The first kappa shape index (κ1) is 12.9. The highest BCUT2D eigenvalue weighted by molar-refractivity contribution is 5.77. The monoisotopic (exact) mass is 270 g/mol. The molecule has 0 fully saturated rings. The number of nitrogens with zero attached hydrogens (tertiary/aromatic N) is 2. The van der Waals surface area contributed by atoms with E-state index in [-0.39, 0.29) is 0 Å². The molecule has 0 aliphatic heterocycles. The summed E-state index contributed by atoms with van der Waals surface area (Å²) < 4.78 is 1.84. The lowest BCUT2D eigenvalue weighted by Crippen LogP contribution is -2.34. The second-order valence-electron chi connectivity index (χ2n) is 5.59. The van der Waals surface area contributed by atoms with Gasteiger partial charge in [-0.2, -0.15) is 5.10 Å². The SMILES string of the molecule is CCn1cc(CC2(C(=O)O)Cc3ccccc3C2)cn1. The molecule has 1 N–H and O–H groups in total. The summed E-state index contributed by atoms with van der Waals surface area (Å²) in [6.45, 7) is 2.83. The van der Waals surface area contributed by atoms with E-state index < -0.39 is 11.4 Å². The zero-order valence-corrected chi connectivity index (χ0v) is 11.5. The van der Waals surface area contributed by atoms with Crippen molar-refractivity contribution in [1.29, 1.82) is 0 Å². The molecule has 0 atom stereocenters. The Morgan fingerprint density at radius 3 is 2.50 bits per heavy atom. The van der Waals surface area contributed by atoms with Crippen LogP contribution in [0.1, 0.15) is 23.6 Å². The van der Waals surface area contributed by atoms with E-state index in [0.29, 0.717) is 19.3 Å². The molecule has 1 heterocycles. The summed E-state index contributed by atoms with van der Waals surface area (Å²) >= 11 is 0. The van der Waals surface area contributed by atoms with Gasteiger partial charge in [0.15, 0.2) is 0 Å². The first-order valence-corrected chi connectivity index (χ1v) is 6.94. The summed E-state index contributed by atoms with van der Waals surface area (Å²) in [6.07, 6.45) is 5.49. The van der Waals surface area contributed by atoms with Crippen molar-refractivity contribution < 1.29 is 9.90 Å². The number of rotatable bonds is 4. The molecule has 0 saturated heterocycles. The van der Waals surface area contributed by atoms with Crippen LogP contribution < -0.4 is 0 Å². The first-order chi connectivity index (χ1) is 9.63. The van der Waals surface area contributed by atoms with Gasteiger partial charge in [-0.15, -0.1) is 0 Å². The fourth-order valence-corrected chi connectivity index (χ4v) is 3.11. The van der Waals surface area contributed by atoms with Crippen molar-refractivity contribution in [1.82, 2.24) is 9.78 Å². The van der Waals surface area contributed by atoms with E-state index >= 15 is 0 Å². The molecule has 1 aliphatic rings. The number of carbonyl (C=O) groups is 1. The van der Waals surface area contributed by atoms with E-state index in [0.717, 1.165) is 23.2 Å². The zero-order chi connectivity index (χ0) is 14.2. The lowest BCUT2D eigenvalue weighted by molar-refractivity contribution is -0.148. The average Bonchev–Trinajstić information content (AvgIpc) is 3.03. The van der Waals surface area contributed by atoms with Gasteiger partial charge in [0.2, 0.25) is 0 Å². The Balaban J connectivity index is 1.89. The molecule has 4 nitrogen and oxygen atoms in total. The van der Waals surface area contributed by atoms with E-state index in [9.17, 15) is 9.90 Å². The quantitative estimate of drug-likeness (QED) is 0.927. The van der Waals surface area contributed by atoms with Gasteiger partial charge < -0.3 is 5.11 Å². The fourth-order valence-electron chi connectivity index (χ4n) is 3.11. The normalized spacial score (nSPS) is 16.1. The van der Waals surface area contributed by atoms with E-state index in [1.807, 2.05) is 42.1 Å². The molecule has 3 rings (SSSR count). The van der Waals surface area contributed by atoms with Crippen molar-refractivity contribution in [2.24, 2.45) is 5.41 Å². The van der Waals surface area contributed by atoms with Gasteiger partial charge in [0, 0.05) is 12.7 Å². The van der Waals surface area contributed by atoms with Crippen molar-refractivity contribution in [2.75, 3.05) is 0 Å². The van der Waals surface area contributed by atoms with Crippen LogP contribution in [0.2, 0.25) is 0 Å². The highest BCUT2D eigenvalue weighted by Crippen LogP contribution is 2.39. The Hall–Kier alpha value is -2.10. The standard InChI is InChI=1S/C16H18N2O2/c1-2-18-11-12(10-17-18)7-16(15(19)20)8-13-5-3-4-6-14(13)9-16/h3-6,10-11H,2,7-9H2,1H3,(H,19,20). The molecule has 0 radical (unpaired) electrons. The molecule has 20 heavy (non-hydrogen) atoms. The molecule has 4 heteroatoms. The second-order valence-corrected chi connectivity index (χ2v) is 5.59. The van der Waals surface area contributed by atoms with Gasteiger partial charge >= 0.3 is 5.97 Å². The maximum atomic E-state index is 11.8. The van der Waals surface area contributed by atoms with E-state index in [4.69, 9.17) is 0 Å². The Kier molecular flexibility index (Phi) is 3.08. The predicted molar refractivity (Wildman–Crippen MR) is 75.5 cm³/mol. The van der Waals surface area contributed by atoms with Gasteiger partial charge in [-0.05, 0) is 42.9 Å². The second kappa shape index (κ2) is 4.78. The van der Waals surface area contributed by atoms with Crippen LogP contribution in [0.25, 0.3) is 0 Å². The molecule has 1 aromatic heterocycles. The number of fused-ring (bicyclic) bond motifs is 1. The van der Waals surface area contributed by atoms with Crippen molar-refractivity contribution in [3.63, 3.8) is 0 Å². The number of benzene rings is 1. The van der Waals surface area contributed by atoms with Crippen molar-refractivity contribution in [3.05, 3.63) is 53.3 Å². The van der Waals surface area contributed by atoms with Crippen LogP contribution in [0, 0.1) is 5.41 Å². The predicted octanol–water partition coefficient (Wildman–Crippen LogP) is 2.32. The summed E-state index contributed by atoms with van der Waals surface area (Å²) in [7, 11) is 0. The molecule has 1 aromatic carbocycles. The fraction of sp³-hybridized carbons (Fsp3) is 0.375. The number of hydrogen-bond acceptors (Lipinski definition) is 2. The highest BCUT2D eigenvalue weighted by Gasteiger charge is 2.44. The van der Waals surface area contributed by atoms with Gasteiger partial charge in [-0.3, -0.25) is 9.48 Å². The minimum Gasteiger partial charge on any atom is -0.481 e. The average molecular weight is 270 g/mol. The van der Waals surface area contributed by atoms with E-state index in [1.165, 1.54) is 0 Å². The summed E-state index contributed by atoms with van der Waals surface area (Å²) in [4.78, 5) is 11.8. The molecule has 0 spiro atoms. The lowest BCUT2D eigenvalue weighted by Gasteiger charge is -2.23. The summed E-state index contributed by atoms with van der Waals surface area (Å²) in [6, 6.07) is 8.03. The van der Waals surface area contributed by atoms with Crippen LogP contribution in [0.5, 0.6) is 0 Å². The van der Waals surface area contributed by atoms with Crippen molar-refractivity contribution in [3.8, 4) is 0 Å². The van der Waals surface area contributed by atoms with Gasteiger partial charge in [0.05, 0.1) is 11.6 Å². The van der Waals surface area contributed by atoms with Crippen LogP contribution >= 0.6 is 0 Å². The zero-order valence-electron chi connectivity index (χ0n) is 11.5. The first-order valence-electron chi connectivity index (χ1n) is 6.94. The molecular formula is C16H18N2O2. The molecule has 0 unspecified atom stereocenters. The highest BCUT2D eigenvalue weighted by atomic mass is 16.4. The van der Waals surface area contributed by atoms with E-state index in [2.05, 4.69) is 5.10 Å². The third kappa shape index (κ3) is 2.11. The number of aromatic nitrogens is 2. The molecule has 0 amide bonds. The smallest absolute Gasteiger partial charge is 0.310 e. The van der Waals surface area contributed by atoms with Gasteiger partial charge in [-0.25, -0.2) is 0 Å². The van der Waals surface area contributed by atoms with Gasteiger partial charge in [0.1, 0.15) is 0 Å². The summed E-state index contributed by atoms with van der Waals surface area (Å²) in [5, 5.41) is 14.0. The topological polar surface area (TPSA) is 55.1 Å². The van der Waals surface area contributed by atoms with E-state index in [1.54, 1.807) is 6.20 Å². The third-order valence-corrected chi connectivity index (χ3v) is 4.18. The Morgan fingerprint density at radius 2 is 2.00 bits per heavy atom. The lowest BCUT2D eigenvalue weighted by atomic mass is 9.79. The number of aliphatic carboxylic acids is 1. The number of carboxylic acid groups (broad SMARTS) is 1. The van der Waals surface area contributed by atoms with Gasteiger partial charge in [-0.1, -0.05) is 24.3 Å². The van der Waals surface area contributed by atoms with Crippen LogP contribution in [0.15, 0.2) is 36.7 Å². The third-order valence-electron chi connectivity index (χ3n) is 4.18. The largest absolute Gasteiger partial charge is 0.481 e. The Bertz CT molecular complexity index is 620. The number of aryl methyl sites for hydroxylation is 1. The molecular weight excluding hydrogens is 252 g/mol. The maximum absolute atomic E-state index is 11.8. The summed E-state index contributed by atoms with van der Waals surface area (Å²) in [5.74, 6) is -0.710. The van der Waals surface area contributed by atoms with Crippen molar-refractivity contribution >= 4 is 5.97 Å². The minimum absolute atomic E-state index is 0.539. The number of carboxylic acids is 1. The maximum Gasteiger partial charge on any atom is 0.310 e.